The number of aromatic nitrogens is 4. The largest absolute Gasteiger partial charge is 0.490 e. The molecule has 7 heteroatoms. The van der Waals surface area contributed by atoms with Crippen molar-refractivity contribution in [2.24, 2.45) is 0 Å². The number of benzene rings is 2. The average Bonchev–Trinajstić information content (AvgIpc) is 3.43. The number of hydrogen-bond donors (Lipinski definition) is 1. The Morgan fingerprint density at radius 3 is 2.65 bits per heavy atom. The first-order chi connectivity index (χ1) is 16.5. The van der Waals surface area contributed by atoms with E-state index in [4.69, 9.17) is 4.74 Å². The number of aryl methyl sites for hydroxylation is 2. The van der Waals surface area contributed by atoms with Gasteiger partial charge in [-0.1, -0.05) is 42.0 Å². The van der Waals surface area contributed by atoms with Gasteiger partial charge in [-0.2, -0.15) is 5.10 Å². The van der Waals surface area contributed by atoms with Gasteiger partial charge in [0, 0.05) is 29.7 Å². The van der Waals surface area contributed by atoms with Crippen LogP contribution in [0.2, 0.25) is 0 Å². The van der Waals surface area contributed by atoms with Crippen LogP contribution in [-0.4, -0.2) is 31.8 Å². The minimum Gasteiger partial charge on any atom is -0.490 e. The van der Waals surface area contributed by atoms with E-state index in [1.54, 1.807) is 12.5 Å². The lowest BCUT2D eigenvalue weighted by atomic mass is 10.1. The number of carbonyl (C=O) groups excluding carboxylic acids is 1. The maximum Gasteiger partial charge on any atom is 0.248 e. The minimum absolute atomic E-state index is 0.226. The zero-order chi connectivity index (χ0) is 23.9. The molecule has 0 spiro atoms. The number of ether oxygens (including phenoxy) is 1. The summed E-state index contributed by atoms with van der Waals surface area (Å²) in [5, 5.41) is 7.58. The highest BCUT2D eigenvalue weighted by Crippen LogP contribution is 2.24. The van der Waals surface area contributed by atoms with Crippen molar-refractivity contribution in [2.75, 3.05) is 11.9 Å². The molecule has 7 nitrogen and oxygen atoms in total. The van der Waals surface area contributed by atoms with Crippen molar-refractivity contribution < 1.29 is 9.53 Å². The molecule has 1 N–H and O–H groups in total. The second-order valence-electron chi connectivity index (χ2n) is 8.20. The SMILES string of the molecule is Cc1ccc(Cn2nc(C)c(/C=C/C(=O)Nc3ccccc3OCCn3ccnc3)c2C)cc1. The van der Waals surface area contributed by atoms with E-state index in [9.17, 15) is 4.79 Å². The minimum atomic E-state index is -0.226. The summed E-state index contributed by atoms with van der Waals surface area (Å²) in [6, 6.07) is 15.9. The predicted octanol–water partition coefficient (Wildman–Crippen LogP) is 4.78. The van der Waals surface area contributed by atoms with E-state index in [1.165, 1.54) is 17.2 Å². The molecule has 1 amide bonds. The van der Waals surface area contributed by atoms with Crippen molar-refractivity contribution in [2.45, 2.75) is 33.9 Å². The number of imidazole rings is 1. The van der Waals surface area contributed by atoms with Gasteiger partial charge in [-0.05, 0) is 44.5 Å². The third kappa shape index (κ3) is 5.81. The fraction of sp³-hybridized carbons (Fsp3) is 0.222. The summed E-state index contributed by atoms with van der Waals surface area (Å²) in [6.45, 7) is 7.89. The lowest BCUT2D eigenvalue weighted by molar-refractivity contribution is -0.111. The molecule has 0 aliphatic carbocycles. The van der Waals surface area contributed by atoms with Crippen LogP contribution in [0.25, 0.3) is 6.08 Å². The van der Waals surface area contributed by atoms with Crippen LogP contribution >= 0.6 is 0 Å². The average molecular weight is 456 g/mol. The van der Waals surface area contributed by atoms with Gasteiger partial charge in [0.1, 0.15) is 12.4 Å². The number of nitrogens with zero attached hydrogens (tertiary/aromatic N) is 4. The molecule has 0 radical (unpaired) electrons. The standard InChI is InChI=1S/C27H29N5O2/c1-20-8-10-23(11-9-20)18-32-22(3)24(21(2)30-32)12-13-27(33)29-25-6-4-5-7-26(25)34-17-16-31-15-14-28-19-31/h4-15,19H,16-18H2,1-3H3,(H,29,33)/b13-12+. The Labute approximate surface area is 199 Å². The third-order valence-electron chi connectivity index (χ3n) is 5.60. The second-order valence-corrected chi connectivity index (χ2v) is 8.20. The molecule has 2 aromatic carbocycles. The molecule has 0 aliphatic heterocycles. The number of anilines is 1. The number of amides is 1. The Morgan fingerprint density at radius 2 is 1.88 bits per heavy atom. The number of carbonyl (C=O) groups is 1. The Hall–Kier alpha value is -4.13. The van der Waals surface area contributed by atoms with Crippen LogP contribution in [0.3, 0.4) is 0 Å². The molecule has 0 unspecified atom stereocenters. The fourth-order valence-electron chi connectivity index (χ4n) is 3.68. The number of rotatable bonds is 9. The van der Waals surface area contributed by atoms with Crippen LogP contribution in [0, 0.1) is 20.8 Å². The van der Waals surface area contributed by atoms with Gasteiger partial charge in [0.2, 0.25) is 5.91 Å². The summed E-state index contributed by atoms with van der Waals surface area (Å²) in [6.07, 6.45) is 8.72. The molecular formula is C27H29N5O2. The summed E-state index contributed by atoms with van der Waals surface area (Å²) in [5.41, 5.74) is 5.91. The quantitative estimate of drug-likeness (QED) is 0.369. The summed E-state index contributed by atoms with van der Waals surface area (Å²) in [7, 11) is 0. The van der Waals surface area contributed by atoms with Crippen molar-refractivity contribution in [3.8, 4) is 5.75 Å². The van der Waals surface area contributed by atoms with Gasteiger partial charge in [-0.3, -0.25) is 9.48 Å². The van der Waals surface area contributed by atoms with Crippen LogP contribution in [0.4, 0.5) is 5.69 Å². The zero-order valence-electron chi connectivity index (χ0n) is 19.7. The topological polar surface area (TPSA) is 74.0 Å². The van der Waals surface area contributed by atoms with Gasteiger partial charge in [-0.25, -0.2) is 4.98 Å². The van der Waals surface area contributed by atoms with Crippen LogP contribution in [0.1, 0.15) is 28.1 Å². The van der Waals surface area contributed by atoms with Gasteiger partial charge < -0.3 is 14.6 Å². The van der Waals surface area contributed by atoms with E-state index in [2.05, 4.69) is 46.6 Å². The maximum atomic E-state index is 12.7. The first-order valence-corrected chi connectivity index (χ1v) is 11.3. The fourth-order valence-corrected chi connectivity index (χ4v) is 3.68. The normalized spacial score (nSPS) is 11.1. The van der Waals surface area contributed by atoms with Gasteiger partial charge in [0.05, 0.1) is 30.8 Å². The lowest BCUT2D eigenvalue weighted by Crippen LogP contribution is -2.11. The van der Waals surface area contributed by atoms with Crippen LogP contribution in [-0.2, 0) is 17.9 Å². The van der Waals surface area contributed by atoms with Crippen LogP contribution < -0.4 is 10.1 Å². The van der Waals surface area contributed by atoms with Gasteiger partial charge in [-0.15, -0.1) is 0 Å². The Kier molecular flexibility index (Phi) is 7.22. The molecule has 0 saturated carbocycles. The van der Waals surface area contributed by atoms with Gasteiger partial charge >= 0.3 is 0 Å². The number of hydrogen-bond acceptors (Lipinski definition) is 4. The Bertz CT molecular complexity index is 1270. The molecule has 2 aromatic heterocycles. The molecule has 174 valence electrons. The molecular weight excluding hydrogens is 426 g/mol. The van der Waals surface area contributed by atoms with Gasteiger partial charge in [0.25, 0.3) is 0 Å². The van der Waals surface area contributed by atoms with Crippen LogP contribution in [0.15, 0.2) is 73.3 Å². The number of nitrogens with one attached hydrogen (secondary N) is 1. The van der Waals surface area contributed by atoms with Crippen LogP contribution in [0.5, 0.6) is 5.75 Å². The van der Waals surface area contributed by atoms with E-state index < -0.39 is 0 Å². The summed E-state index contributed by atoms with van der Waals surface area (Å²) in [5.74, 6) is 0.401. The van der Waals surface area contributed by atoms with E-state index >= 15 is 0 Å². The molecule has 4 aromatic rings. The molecule has 34 heavy (non-hydrogen) atoms. The second kappa shape index (κ2) is 10.7. The predicted molar refractivity (Wildman–Crippen MR) is 134 cm³/mol. The highest BCUT2D eigenvalue weighted by atomic mass is 16.5. The van der Waals surface area contributed by atoms with Crippen molar-refractivity contribution in [3.63, 3.8) is 0 Å². The highest BCUT2D eigenvalue weighted by molar-refractivity contribution is 6.02. The first kappa shape index (κ1) is 23.0. The van der Waals surface area contributed by atoms with Crippen molar-refractivity contribution >= 4 is 17.7 Å². The molecule has 0 saturated heterocycles. The zero-order valence-corrected chi connectivity index (χ0v) is 19.7. The summed E-state index contributed by atoms with van der Waals surface area (Å²) >= 11 is 0. The first-order valence-electron chi connectivity index (χ1n) is 11.3. The molecule has 0 bridgehead atoms. The Morgan fingerprint density at radius 1 is 1.09 bits per heavy atom. The summed E-state index contributed by atoms with van der Waals surface area (Å²) in [4.78, 5) is 16.7. The van der Waals surface area contributed by atoms with E-state index in [0.717, 1.165) is 17.0 Å². The Balaban J connectivity index is 1.39. The number of para-hydroxylation sites is 2. The van der Waals surface area contributed by atoms with Crippen molar-refractivity contribution in [3.05, 3.63) is 101 Å². The smallest absolute Gasteiger partial charge is 0.248 e. The van der Waals surface area contributed by atoms with E-state index in [-0.39, 0.29) is 5.91 Å². The van der Waals surface area contributed by atoms with Crippen molar-refractivity contribution in [1.82, 2.24) is 19.3 Å². The molecule has 0 aliphatic rings. The third-order valence-corrected chi connectivity index (χ3v) is 5.60. The highest BCUT2D eigenvalue weighted by Gasteiger charge is 2.11. The van der Waals surface area contributed by atoms with E-state index in [0.29, 0.717) is 31.1 Å². The monoisotopic (exact) mass is 455 g/mol. The lowest BCUT2D eigenvalue weighted by Gasteiger charge is -2.12. The van der Waals surface area contributed by atoms with E-state index in [1.807, 2.05) is 59.6 Å². The maximum absolute atomic E-state index is 12.7. The molecule has 0 fully saturated rings. The molecule has 2 heterocycles. The van der Waals surface area contributed by atoms with Gasteiger partial charge in [0.15, 0.2) is 0 Å². The molecule has 0 atom stereocenters. The van der Waals surface area contributed by atoms with Crippen molar-refractivity contribution in [1.29, 1.82) is 0 Å². The summed E-state index contributed by atoms with van der Waals surface area (Å²) < 4.78 is 9.79. The molecule has 4 rings (SSSR count).